The Morgan fingerprint density at radius 3 is 2.16 bits per heavy atom. The van der Waals surface area contributed by atoms with E-state index in [-0.39, 0.29) is 16.8 Å². The molecule has 0 radical (unpaired) electrons. The Bertz CT molecular complexity index is 855. The molecule has 1 saturated carbocycles. The minimum atomic E-state index is -3.65. The molecule has 0 saturated heterocycles. The van der Waals surface area contributed by atoms with Crippen molar-refractivity contribution in [1.29, 1.82) is 0 Å². The van der Waals surface area contributed by atoms with E-state index in [1.807, 2.05) is 31.2 Å². The highest BCUT2D eigenvalue weighted by molar-refractivity contribution is 7.89. The van der Waals surface area contributed by atoms with Gasteiger partial charge in [-0.2, -0.15) is 0 Å². The van der Waals surface area contributed by atoms with Crippen LogP contribution in [0.1, 0.15) is 40.4 Å². The second kappa shape index (κ2) is 6.98. The smallest absolute Gasteiger partial charge is 0.251 e. The highest BCUT2D eigenvalue weighted by Gasteiger charge is 2.35. The first kappa shape index (κ1) is 17.6. The maximum Gasteiger partial charge on any atom is 0.251 e. The summed E-state index contributed by atoms with van der Waals surface area (Å²) in [5.41, 5.74) is 2.56. The predicted octanol–water partition coefficient (Wildman–Crippen LogP) is 2.78. The maximum atomic E-state index is 12.8. The van der Waals surface area contributed by atoms with Crippen molar-refractivity contribution in [3.05, 3.63) is 65.2 Å². The number of hydrogen-bond donors (Lipinski definition) is 2. The fourth-order valence-corrected chi connectivity index (χ4v) is 4.10. The van der Waals surface area contributed by atoms with E-state index in [0.29, 0.717) is 11.5 Å². The Kier molecular flexibility index (Phi) is 4.92. The number of aryl methyl sites for hydroxylation is 1. The molecule has 1 aliphatic carbocycles. The molecule has 5 nitrogen and oxygen atoms in total. The van der Waals surface area contributed by atoms with E-state index in [0.717, 1.165) is 24.0 Å². The maximum absolute atomic E-state index is 12.8. The van der Waals surface area contributed by atoms with Crippen LogP contribution < -0.4 is 10.0 Å². The molecule has 2 aromatic rings. The summed E-state index contributed by atoms with van der Waals surface area (Å²) in [6, 6.07) is 13.7. The van der Waals surface area contributed by atoms with Crippen LogP contribution in [0.2, 0.25) is 0 Å². The Balaban J connectivity index is 1.83. The third kappa shape index (κ3) is 4.08. The van der Waals surface area contributed by atoms with Gasteiger partial charge in [-0.05, 0) is 55.5 Å². The molecule has 3 rings (SSSR count). The fraction of sp³-hybridized carbons (Fsp3) is 0.316. The normalized spacial score (nSPS) is 15.6. The summed E-state index contributed by atoms with van der Waals surface area (Å²) < 4.78 is 28.3. The quantitative estimate of drug-likeness (QED) is 0.834. The van der Waals surface area contributed by atoms with Gasteiger partial charge in [0.05, 0.1) is 4.90 Å². The number of nitrogens with one attached hydrogen (secondary N) is 2. The lowest BCUT2D eigenvalue weighted by Gasteiger charge is -2.19. The first-order chi connectivity index (χ1) is 11.9. The summed E-state index contributed by atoms with van der Waals surface area (Å²) >= 11 is 0. The van der Waals surface area contributed by atoms with Gasteiger partial charge in [0.2, 0.25) is 10.0 Å². The molecule has 0 aliphatic heterocycles. The van der Waals surface area contributed by atoms with E-state index in [1.54, 1.807) is 0 Å². The van der Waals surface area contributed by atoms with Crippen LogP contribution in [0.25, 0.3) is 0 Å². The second-order valence-electron chi connectivity index (χ2n) is 6.45. The van der Waals surface area contributed by atoms with Gasteiger partial charge in [-0.15, -0.1) is 0 Å². The van der Waals surface area contributed by atoms with Crippen molar-refractivity contribution in [2.24, 2.45) is 5.92 Å². The molecule has 1 unspecified atom stereocenters. The van der Waals surface area contributed by atoms with Crippen LogP contribution in [0.3, 0.4) is 0 Å². The van der Waals surface area contributed by atoms with Crippen molar-refractivity contribution < 1.29 is 13.2 Å². The van der Waals surface area contributed by atoms with Crippen LogP contribution in [0.5, 0.6) is 0 Å². The van der Waals surface area contributed by atoms with Gasteiger partial charge < -0.3 is 5.32 Å². The minimum Gasteiger partial charge on any atom is -0.355 e. The molecule has 6 heteroatoms. The standard InChI is InChI=1S/C19H22N2O3S/c1-13-3-5-14(6-4-13)18(15-7-8-15)21-25(23,24)17-11-9-16(10-12-17)19(22)20-2/h3-6,9-12,15,18,21H,7-8H2,1-2H3,(H,20,22). The number of rotatable bonds is 6. The van der Waals surface area contributed by atoms with Crippen molar-refractivity contribution >= 4 is 15.9 Å². The second-order valence-corrected chi connectivity index (χ2v) is 8.16. The highest BCUT2D eigenvalue weighted by atomic mass is 32.2. The first-order valence-corrected chi connectivity index (χ1v) is 9.80. The van der Waals surface area contributed by atoms with Crippen LogP contribution in [-0.4, -0.2) is 21.4 Å². The predicted molar refractivity (Wildman–Crippen MR) is 96.8 cm³/mol. The number of hydrogen-bond acceptors (Lipinski definition) is 3. The van der Waals surface area contributed by atoms with E-state index in [2.05, 4.69) is 10.0 Å². The third-order valence-electron chi connectivity index (χ3n) is 4.47. The minimum absolute atomic E-state index is 0.165. The first-order valence-electron chi connectivity index (χ1n) is 8.32. The average molecular weight is 358 g/mol. The SMILES string of the molecule is CNC(=O)c1ccc(S(=O)(=O)NC(c2ccc(C)cc2)C2CC2)cc1. The monoisotopic (exact) mass is 358 g/mol. The molecule has 2 aromatic carbocycles. The number of benzene rings is 2. The zero-order valence-corrected chi connectivity index (χ0v) is 15.1. The van der Waals surface area contributed by atoms with Gasteiger partial charge in [-0.1, -0.05) is 29.8 Å². The lowest BCUT2D eigenvalue weighted by Crippen LogP contribution is -2.30. The summed E-state index contributed by atoms with van der Waals surface area (Å²) in [5, 5.41) is 2.52. The zero-order chi connectivity index (χ0) is 18.0. The van der Waals surface area contributed by atoms with Gasteiger partial charge in [0.1, 0.15) is 0 Å². The number of amides is 1. The van der Waals surface area contributed by atoms with Crippen molar-refractivity contribution in [2.75, 3.05) is 7.05 Å². The van der Waals surface area contributed by atoms with Gasteiger partial charge in [-0.3, -0.25) is 4.79 Å². The van der Waals surface area contributed by atoms with Gasteiger partial charge in [0, 0.05) is 18.7 Å². The van der Waals surface area contributed by atoms with Crippen molar-refractivity contribution in [2.45, 2.75) is 30.7 Å². The molecule has 132 valence electrons. The fourth-order valence-electron chi connectivity index (χ4n) is 2.80. The summed E-state index contributed by atoms with van der Waals surface area (Å²) in [6.07, 6.45) is 2.05. The number of carbonyl (C=O) groups excluding carboxylic acids is 1. The summed E-state index contributed by atoms with van der Waals surface area (Å²) in [7, 11) is -2.12. The molecular weight excluding hydrogens is 336 g/mol. The summed E-state index contributed by atoms with van der Waals surface area (Å²) in [4.78, 5) is 11.8. The molecule has 2 N–H and O–H groups in total. The molecule has 0 spiro atoms. The molecule has 25 heavy (non-hydrogen) atoms. The number of sulfonamides is 1. The summed E-state index contributed by atoms with van der Waals surface area (Å²) in [6.45, 7) is 2.01. The molecule has 0 aromatic heterocycles. The Morgan fingerprint density at radius 2 is 1.64 bits per heavy atom. The molecule has 1 amide bonds. The van der Waals surface area contributed by atoms with Crippen molar-refractivity contribution in [3.63, 3.8) is 0 Å². The van der Waals surface area contributed by atoms with E-state index in [1.165, 1.54) is 31.3 Å². The van der Waals surface area contributed by atoms with Gasteiger partial charge in [0.15, 0.2) is 0 Å². The van der Waals surface area contributed by atoms with Gasteiger partial charge in [-0.25, -0.2) is 13.1 Å². The van der Waals surface area contributed by atoms with Crippen LogP contribution in [0.15, 0.2) is 53.4 Å². The molecule has 1 fully saturated rings. The molecule has 1 aliphatic rings. The topological polar surface area (TPSA) is 75.3 Å². The lowest BCUT2D eigenvalue weighted by molar-refractivity contribution is 0.0963. The van der Waals surface area contributed by atoms with Crippen LogP contribution >= 0.6 is 0 Å². The van der Waals surface area contributed by atoms with E-state index >= 15 is 0 Å². The molecular formula is C19H22N2O3S. The Morgan fingerprint density at radius 1 is 1.04 bits per heavy atom. The lowest BCUT2D eigenvalue weighted by atomic mass is 10.0. The van der Waals surface area contributed by atoms with Crippen LogP contribution in [0.4, 0.5) is 0 Å². The molecule has 0 heterocycles. The van der Waals surface area contributed by atoms with Crippen molar-refractivity contribution in [1.82, 2.24) is 10.0 Å². The van der Waals surface area contributed by atoms with E-state index in [9.17, 15) is 13.2 Å². The zero-order valence-electron chi connectivity index (χ0n) is 14.3. The number of carbonyl (C=O) groups is 1. The van der Waals surface area contributed by atoms with Crippen molar-refractivity contribution in [3.8, 4) is 0 Å². The molecule has 0 bridgehead atoms. The highest BCUT2D eigenvalue weighted by Crippen LogP contribution is 2.41. The Hall–Kier alpha value is -2.18. The third-order valence-corrected chi connectivity index (χ3v) is 5.92. The molecule has 1 atom stereocenters. The Labute approximate surface area is 148 Å². The van der Waals surface area contributed by atoms with Crippen LogP contribution in [-0.2, 0) is 10.0 Å². The average Bonchev–Trinajstić information content (AvgIpc) is 3.45. The van der Waals surface area contributed by atoms with E-state index in [4.69, 9.17) is 0 Å². The van der Waals surface area contributed by atoms with Crippen LogP contribution in [0, 0.1) is 12.8 Å². The van der Waals surface area contributed by atoms with E-state index < -0.39 is 10.0 Å². The summed E-state index contributed by atoms with van der Waals surface area (Å²) in [5.74, 6) is 0.0926. The van der Waals surface area contributed by atoms with Gasteiger partial charge in [0.25, 0.3) is 5.91 Å². The van der Waals surface area contributed by atoms with Gasteiger partial charge >= 0.3 is 0 Å². The largest absolute Gasteiger partial charge is 0.355 e.